The lowest BCUT2D eigenvalue weighted by atomic mass is 9.90. The molecule has 0 saturated carbocycles. The highest BCUT2D eigenvalue weighted by Gasteiger charge is 2.43. The topological polar surface area (TPSA) is 0 Å². The molecule has 0 N–H and O–H groups in total. The first-order valence-electron chi connectivity index (χ1n) is 3.62. The van der Waals surface area contributed by atoms with Crippen molar-refractivity contribution < 1.29 is 8.78 Å². The molecule has 11 heavy (non-hydrogen) atoms. The van der Waals surface area contributed by atoms with Crippen LogP contribution >= 0.6 is 0 Å². The zero-order chi connectivity index (χ0) is 7.90. The third-order valence-corrected chi connectivity index (χ3v) is 2.16. The summed E-state index contributed by atoms with van der Waals surface area (Å²) in [7, 11) is 0. The maximum Gasteiger partial charge on any atom is 0.273 e. The van der Waals surface area contributed by atoms with Gasteiger partial charge in [0, 0.05) is 5.92 Å². The second kappa shape index (κ2) is 2.03. The van der Waals surface area contributed by atoms with Gasteiger partial charge in [-0.2, -0.15) is 0 Å². The van der Waals surface area contributed by atoms with Crippen molar-refractivity contribution in [2.45, 2.75) is 5.92 Å². The molecule has 0 fully saturated rings. The predicted octanol–water partition coefficient (Wildman–Crippen LogP) is 2.55. The van der Waals surface area contributed by atoms with E-state index in [1.54, 1.807) is 18.2 Å². The van der Waals surface area contributed by atoms with Crippen molar-refractivity contribution >= 4 is 0 Å². The van der Waals surface area contributed by atoms with Gasteiger partial charge in [0.25, 0.3) is 5.92 Å². The molecule has 0 radical (unpaired) electrons. The number of alkyl halides is 2. The first-order valence-corrected chi connectivity index (χ1v) is 3.62. The summed E-state index contributed by atoms with van der Waals surface area (Å²) in [6, 6.07) is 0. The number of rotatable bonds is 0. The van der Waals surface area contributed by atoms with Crippen molar-refractivity contribution in [3.8, 4) is 0 Å². The molecule has 0 aromatic rings. The molecule has 58 valence electrons. The quantitative estimate of drug-likeness (QED) is 0.470. The van der Waals surface area contributed by atoms with Crippen LogP contribution in [0.25, 0.3) is 0 Å². The number of hydrogen-bond acceptors (Lipinski definition) is 0. The lowest BCUT2D eigenvalue weighted by Gasteiger charge is -2.20. The van der Waals surface area contributed by atoms with Gasteiger partial charge in [0.15, 0.2) is 0 Å². The Morgan fingerprint density at radius 2 is 1.73 bits per heavy atom. The Labute approximate surface area is 63.9 Å². The standard InChI is InChI=1S/C9H8F2/c10-9(11)6-5-7-3-1-2-4-8(7)9/h1-8H. The molecule has 0 aromatic heterocycles. The summed E-state index contributed by atoms with van der Waals surface area (Å²) in [6.45, 7) is 0. The van der Waals surface area contributed by atoms with Crippen LogP contribution in [0.4, 0.5) is 8.78 Å². The monoisotopic (exact) mass is 154 g/mol. The molecule has 0 nitrogen and oxygen atoms in total. The molecule has 2 aliphatic carbocycles. The van der Waals surface area contributed by atoms with Gasteiger partial charge in [-0.05, 0) is 6.08 Å². The molecule has 0 saturated heterocycles. The highest BCUT2D eigenvalue weighted by Crippen LogP contribution is 2.41. The molecule has 2 unspecified atom stereocenters. The van der Waals surface area contributed by atoms with E-state index in [-0.39, 0.29) is 5.92 Å². The third kappa shape index (κ3) is 0.934. The first-order chi connectivity index (χ1) is 5.20. The molecule has 0 aromatic carbocycles. The Morgan fingerprint density at radius 3 is 2.45 bits per heavy atom. The van der Waals surface area contributed by atoms with Gasteiger partial charge >= 0.3 is 0 Å². The molecule has 0 amide bonds. The predicted molar refractivity (Wildman–Crippen MR) is 39.3 cm³/mol. The van der Waals surface area contributed by atoms with Gasteiger partial charge in [0.05, 0.1) is 5.92 Å². The molecule has 0 bridgehead atoms. The van der Waals surface area contributed by atoms with E-state index in [0.717, 1.165) is 6.08 Å². The molecular weight excluding hydrogens is 146 g/mol. The summed E-state index contributed by atoms with van der Waals surface area (Å²) >= 11 is 0. The van der Waals surface area contributed by atoms with Crippen LogP contribution in [0.15, 0.2) is 36.5 Å². The van der Waals surface area contributed by atoms with Gasteiger partial charge in [-0.25, -0.2) is 8.78 Å². The van der Waals surface area contributed by atoms with Crippen LogP contribution in [0.1, 0.15) is 0 Å². The molecular formula is C9H8F2. The van der Waals surface area contributed by atoms with E-state index in [1.165, 1.54) is 0 Å². The molecule has 2 aliphatic rings. The van der Waals surface area contributed by atoms with Gasteiger partial charge in [-0.1, -0.05) is 30.4 Å². The second-order valence-corrected chi connectivity index (χ2v) is 2.91. The largest absolute Gasteiger partial charge is 0.273 e. The fourth-order valence-electron chi connectivity index (χ4n) is 1.54. The van der Waals surface area contributed by atoms with Crippen molar-refractivity contribution in [1.29, 1.82) is 0 Å². The number of hydrogen-bond donors (Lipinski definition) is 0. The van der Waals surface area contributed by atoms with E-state index in [1.807, 2.05) is 12.2 Å². The second-order valence-electron chi connectivity index (χ2n) is 2.91. The molecule has 2 heteroatoms. The van der Waals surface area contributed by atoms with Crippen LogP contribution in [0.5, 0.6) is 0 Å². The SMILES string of the molecule is FC1(F)C=CC2C=CC=CC21. The highest BCUT2D eigenvalue weighted by atomic mass is 19.3. The van der Waals surface area contributed by atoms with Gasteiger partial charge < -0.3 is 0 Å². The zero-order valence-electron chi connectivity index (χ0n) is 5.87. The lowest BCUT2D eigenvalue weighted by Crippen LogP contribution is -2.24. The molecule has 2 rings (SSSR count). The molecule has 2 atom stereocenters. The Balaban J connectivity index is 2.32. The zero-order valence-corrected chi connectivity index (χ0v) is 5.87. The minimum atomic E-state index is -2.63. The third-order valence-electron chi connectivity index (χ3n) is 2.16. The Bertz CT molecular complexity index is 248. The lowest BCUT2D eigenvalue weighted by molar-refractivity contribution is 0.0131. The fourth-order valence-corrected chi connectivity index (χ4v) is 1.54. The van der Waals surface area contributed by atoms with Crippen LogP contribution in [0, 0.1) is 11.8 Å². The maximum atomic E-state index is 12.9. The van der Waals surface area contributed by atoms with Crippen LogP contribution in [-0.2, 0) is 0 Å². The van der Waals surface area contributed by atoms with E-state index in [9.17, 15) is 8.78 Å². The van der Waals surface area contributed by atoms with Crippen LogP contribution in [0.2, 0.25) is 0 Å². The summed E-state index contributed by atoms with van der Waals surface area (Å²) in [5, 5.41) is 0. The minimum Gasteiger partial charge on any atom is -0.201 e. The summed E-state index contributed by atoms with van der Waals surface area (Å²) in [6.07, 6.45) is 9.45. The Morgan fingerprint density at radius 1 is 1.00 bits per heavy atom. The molecule has 0 aliphatic heterocycles. The number of allylic oxidation sites excluding steroid dienone is 6. The van der Waals surface area contributed by atoms with E-state index in [4.69, 9.17) is 0 Å². The van der Waals surface area contributed by atoms with Gasteiger partial charge in [-0.3, -0.25) is 0 Å². The van der Waals surface area contributed by atoms with Gasteiger partial charge in [0.2, 0.25) is 0 Å². The van der Waals surface area contributed by atoms with E-state index in [2.05, 4.69) is 0 Å². The number of halogens is 2. The Kier molecular flexibility index (Phi) is 1.25. The van der Waals surface area contributed by atoms with Crippen LogP contribution in [-0.4, -0.2) is 5.92 Å². The summed E-state index contributed by atoms with van der Waals surface area (Å²) in [5.74, 6) is -3.35. The van der Waals surface area contributed by atoms with Gasteiger partial charge in [0.1, 0.15) is 0 Å². The summed E-state index contributed by atoms with van der Waals surface area (Å²) in [4.78, 5) is 0. The fraction of sp³-hybridized carbons (Fsp3) is 0.333. The normalized spacial score (nSPS) is 37.6. The minimum absolute atomic E-state index is 0.0880. The highest BCUT2D eigenvalue weighted by molar-refractivity contribution is 5.28. The average molecular weight is 154 g/mol. The van der Waals surface area contributed by atoms with E-state index >= 15 is 0 Å². The van der Waals surface area contributed by atoms with Crippen molar-refractivity contribution in [2.24, 2.45) is 11.8 Å². The Hall–Kier alpha value is -0.920. The van der Waals surface area contributed by atoms with Crippen molar-refractivity contribution in [3.05, 3.63) is 36.5 Å². The van der Waals surface area contributed by atoms with Crippen molar-refractivity contribution in [2.75, 3.05) is 0 Å². The summed E-state index contributed by atoms with van der Waals surface area (Å²) in [5.41, 5.74) is 0. The summed E-state index contributed by atoms with van der Waals surface area (Å²) < 4.78 is 25.8. The van der Waals surface area contributed by atoms with Crippen molar-refractivity contribution in [3.63, 3.8) is 0 Å². The number of fused-ring (bicyclic) bond motifs is 1. The average Bonchev–Trinajstić information content (AvgIpc) is 2.29. The maximum absolute atomic E-state index is 12.9. The molecule has 0 spiro atoms. The van der Waals surface area contributed by atoms with E-state index in [0.29, 0.717) is 0 Å². The van der Waals surface area contributed by atoms with E-state index < -0.39 is 11.8 Å². The van der Waals surface area contributed by atoms with Gasteiger partial charge in [-0.15, -0.1) is 0 Å². The molecule has 0 heterocycles. The smallest absolute Gasteiger partial charge is 0.201 e. The first kappa shape index (κ1) is 6.77. The van der Waals surface area contributed by atoms with Crippen LogP contribution < -0.4 is 0 Å². The van der Waals surface area contributed by atoms with Crippen molar-refractivity contribution in [1.82, 2.24) is 0 Å². The van der Waals surface area contributed by atoms with Crippen LogP contribution in [0.3, 0.4) is 0 Å².